The lowest BCUT2D eigenvalue weighted by atomic mass is 10.0. The first kappa shape index (κ1) is 18.3. The number of carbonyl (C=O) groups excluding carboxylic acids is 1. The Morgan fingerprint density at radius 2 is 1.81 bits per heavy atom. The van der Waals surface area contributed by atoms with Crippen LogP contribution in [-0.4, -0.2) is 30.9 Å². The first-order valence-electron chi connectivity index (χ1n) is 8.52. The number of carbonyl (C=O) groups is 1. The van der Waals surface area contributed by atoms with Gasteiger partial charge in [0.25, 0.3) is 5.91 Å². The highest BCUT2D eigenvalue weighted by molar-refractivity contribution is 7.98. The van der Waals surface area contributed by atoms with Crippen molar-refractivity contribution in [2.24, 2.45) is 0 Å². The largest absolute Gasteiger partial charge is 0.507 e. The number of amides is 1. The van der Waals surface area contributed by atoms with Gasteiger partial charge in [0, 0.05) is 4.90 Å². The van der Waals surface area contributed by atoms with Crippen LogP contribution in [0, 0.1) is 0 Å². The van der Waals surface area contributed by atoms with Crippen molar-refractivity contribution in [2.75, 3.05) is 25.2 Å². The predicted molar refractivity (Wildman–Crippen MR) is 108 cm³/mol. The van der Waals surface area contributed by atoms with E-state index in [4.69, 9.17) is 0 Å². The molecule has 3 aromatic rings. The maximum atomic E-state index is 12.4. The number of fused-ring (bicyclic) bond motifs is 1. The van der Waals surface area contributed by atoms with E-state index in [1.54, 1.807) is 17.8 Å². The zero-order chi connectivity index (χ0) is 18.5. The Labute approximate surface area is 157 Å². The standard InChI is InChI=1S/C21H22N2O2S/c1-23(14-21(25)22-18-9-5-6-10-20(18)26-2)13-17-16-8-4-3-7-15(16)11-12-19(17)24/h3-12,24H,13-14H2,1-2H3,(H,22,25)/p+1. The second kappa shape index (κ2) is 8.25. The number of quaternary nitrogens is 1. The molecule has 0 spiro atoms. The lowest BCUT2D eigenvalue weighted by molar-refractivity contribution is -0.885. The van der Waals surface area contributed by atoms with Crippen LogP contribution in [0.2, 0.25) is 0 Å². The third-order valence-corrected chi connectivity index (χ3v) is 5.13. The average molecular weight is 367 g/mol. The summed E-state index contributed by atoms with van der Waals surface area (Å²) < 4.78 is 0. The molecule has 5 heteroatoms. The van der Waals surface area contributed by atoms with Crippen LogP contribution in [0.1, 0.15) is 5.56 Å². The van der Waals surface area contributed by atoms with Crippen LogP contribution in [-0.2, 0) is 11.3 Å². The second-order valence-corrected chi connectivity index (χ2v) is 7.19. The molecule has 0 bridgehead atoms. The van der Waals surface area contributed by atoms with E-state index in [1.807, 2.05) is 67.9 Å². The fourth-order valence-corrected chi connectivity index (χ4v) is 3.64. The SMILES string of the molecule is CSc1ccccc1NC(=O)C[NH+](C)Cc1c(O)ccc2ccccc12. The van der Waals surface area contributed by atoms with E-state index in [2.05, 4.69) is 5.32 Å². The Morgan fingerprint density at radius 3 is 2.62 bits per heavy atom. The minimum Gasteiger partial charge on any atom is -0.507 e. The summed E-state index contributed by atoms with van der Waals surface area (Å²) in [4.78, 5) is 14.5. The average Bonchev–Trinajstić information content (AvgIpc) is 2.64. The van der Waals surface area contributed by atoms with Gasteiger partial charge in [0.15, 0.2) is 6.54 Å². The quantitative estimate of drug-likeness (QED) is 0.587. The summed E-state index contributed by atoms with van der Waals surface area (Å²) in [7, 11) is 1.96. The molecule has 0 saturated carbocycles. The van der Waals surface area contributed by atoms with E-state index in [1.165, 1.54) is 0 Å². The van der Waals surface area contributed by atoms with Gasteiger partial charge in [-0.25, -0.2) is 0 Å². The predicted octanol–water partition coefficient (Wildman–Crippen LogP) is 2.92. The summed E-state index contributed by atoms with van der Waals surface area (Å²) in [5, 5.41) is 15.4. The van der Waals surface area contributed by atoms with E-state index < -0.39 is 0 Å². The second-order valence-electron chi connectivity index (χ2n) is 6.34. The third-order valence-electron chi connectivity index (χ3n) is 4.34. The van der Waals surface area contributed by atoms with Crippen LogP contribution in [0.3, 0.4) is 0 Å². The van der Waals surface area contributed by atoms with Crippen molar-refractivity contribution in [1.82, 2.24) is 0 Å². The normalized spacial score (nSPS) is 12.1. The van der Waals surface area contributed by atoms with Crippen LogP contribution in [0.4, 0.5) is 5.69 Å². The lowest BCUT2D eigenvalue weighted by Crippen LogP contribution is -3.08. The van der Waals surface area contributed by atoms with E-state index in [-0.39, 0.29) is 11.7 Å². The number of phenolic OH excluding ortho intramolecular Hbond substituents is 1. The van der Waals surface area contributed by atoms with E-state index in [0.717, 1.165) is 31.8 Å². The summed E-state index contributed by atoms with van der Waals surface area (Å²) >= 11 is 1.61. The number of anilines is 1. The molecule has 3 rings (SSSR count). The summed E-state index contributed by atoms with van der Waals surface area (Å²) in [5.41, 5.74) is 1.71. The highest BCUT2D eigenvalue weighted by atomic mass is 32.2. The van der Waals surface area contributed by atoms with E-state index >= 15 is 0 Å². The number of hydrogen-bond acceptors (Lipinski definition) is 3. The van der Waals surface area contributed by atoms with E-state index in [0.29, 0.717) is 13.1 Å². The summed E-state index contributed by atoms with van der Waals surface area (Å²) in [6, 6.07) is 19.4. The topological polar surface area (TPSA) is 53.8 Å². The van der Waals surface area contributed by atoms with Crippen molar-refractivity contribution in [3.63, 3.8) is 0 Å². The molecule has 26 heavy (non-hydrogen) atoms. The number of para-hydroxylation sites is 1. The zero-order valence-corrected chi connectivity index (χ0v) is 15.8. The number of phenols is 1. The minimum atomic E-state index is -0.0382. The van der Waals surface area contributed by atoms with Gasteiger partial charge in [0.2, 0.25) is 0 Å². The Morgan fingerprint density at radius 1 is 1.08 bits per heavy atom. The maximum Gasteiger partial charge on any atom is 0.279 e. The Balaban J connectivity index is 1.70. The molecule has 1 unspecified atom stereocenters. The van der Waals surface area contributed by atoms with Gasteiger partial charge in [-0.3, -0.25) is 4.79 Å². The van der Waals surface area contributed by atoms with Crippen molar-refractivity contribution < 1.29 is 14.8 Å². The van der Waals surface area contributed by atoms with Crippen LogP contribution in [0.5, 0.6) is 5.75 Å². The number of aromatic hydroxyl groups is 1. The fraction of sp³-hybridized carbons (Fsp3) is 0.190. The lowest BCUT2D eigenvalue weighted by Gasteiger charge is -2.17. The van der Waals surface area contributed by atoms with Crippen LogP contribution in [0.25, 0.3) is 10.8 Å². The Bertz CT molecular complexity index is 927. The first-order valence-corrected chi connectivity index (χ1v) is 9.74. The minimum absolute atomic E-state index is 0.0382. The molecule has 0 aliphatic rings. The van der Waals surface area contributed by atoms with Crippen molar-refractivity contribution in [3.05, 3.63) is 66.2 Å². The van der Waals surface area contributed by atoms with Crippen molar-refractivity contribution in [3.8, 4) is 5.75 Å². The molecule has 3 N–H and O–H groups in total. The molecule has 0 aliphatic carbocycles. The molecule has 134 valence electrons. The molecule has 0 fully saturated rings. The van der Waals surface area contributed by atoms with Gasteiger partial charge >= 0.3 is 0 Å². The summed E-state index contributed by atoms with van der Waals surface area (Å²) in [6.07, 6.45) is 1.99. The smallest absolute Gasteiger partial charge is 0.279 e. The highest BCUT2D eigenvalue weighted by Crippen LogP contribution is 2.26. The number of likely N-dealkylation sites (N-methyl/N-ethyl adjacent to an activating group) is 1. The van der Waals surface area contributed by atoms with Crippen LogP contribution >= 0.6 is 11.8 Å². The highest BCUT2D eigenvalue weighted by Gasteiger charge is 2.16. The van der Waals surface area contributed by atoms with Crippen LogP contribution in [0.15, 0.2) is 65.6 Å². The van der Waals surface area contributed by atoms with Gasteiger partial charge in [0.1, 0.15) is 12.3 Å². The fourth-order valence-electron chi connectivity index (χ4n) is 3.09. The first-order chi connectivity index (χ1) is 12.6. The molecule has 1 atom stereocenters. The van der Waals surface area contributed by atoms with Gasteiger partial charge < -0.3 is 15.3 Å². The van der Waals surface area contributed by atoms with Gasteiger partial charge in [0.05, 0.1) is 18.3 Å². The van der Waals surface area contributed by atoms with Gasteiger partial charge in [-0.1, -0.05) is 42.5 Å². The summed E-state index contributed by atoms with van der Waals surface area (Å²) in [6.45, 7) is 0.899. The molecule has 0 saturated heterocycles. The number of hydrogen-bond donors (Lipinski definition) is 3. The van der Waals surface area contributed by atoms with Gasteiger partial charge in [-0.05, 0) is 35.2 Å². The Hall–Kier alpha value is -2.50. The van der Waals surface area contributed by atoms with Gasteiger partial charge in [-0.15, -0.1) is 11.8 Å². The number of nitrogens with one attached hydrogen (secondary N) is 2. The molecule has 3 aromatic carbocycles. The third kappa shape index (κ3) is 4.18. The van der Waals surface area contributed by atoms with Crippen LogP contribution < -0.4 is 10.2 Å². The molecule has 0 aromatic heterocycles. The molecule has 4 nitrogen and oxygen atoms in total. The van der Waals surface area contributed by atoms with Crippen molar-refractivity contribution >= 4 is 34.1 Å². The molecular weight excluding hydrogens is 344 g/mol. The monoisotopic (exact) mass is 367 g/mol. The molecule has 0 aliphatic heterocycles. The zero-order valence-electron chi connectivity index (χ0n) is 15.0. The number of benzene rings is 3. The molecule has 0 heterocycles. The molecular formula is C21H23N2O2S+. The molecule has 1 amide bonds. The Kier molecular flexibility index (Phi) is 5.81. The van der Waals surface area contributed by atoms with Crippen molar-refractivity contribution in [2.45, 2.75) is 11.4 Å². The maximum absolute atomic E-state index is 12.4. The number of rotatable bonds is 6. The molecule has 0 radical (unpaired) electrons. The van der Waals surface area contributed by atoms with Crippen molar-refractivity contribution in [1.29, 1.82) is 0 Å². The van der Waals surface area contributed by atoms with Gasteiger partial charge in [-0.2, -0.15) is 0 Å². The summed E-state index contributed by atoms with van der Waals surface area (Å²) in [5.74, 6) is 0.236. The number of thioether (sulfide) groups is 1. The van der Waals surface area contributed by atoms with E-state index in [9.17, 15) is 9.90 Å².